The van der Waals surface area contributed by atoms with Gasteiger partial charge in [-0.05, 0) is 16.9 Å². The van der Waals surface area contributed by atoms with E-state index in [9.17, 15) is 9.59 Å². The highest BCUT2D eigenvalue weighted by molar-refractivity contribution is 5.84. The molecule has 0 atom stereocenters. The number of hydrogen-bond donors (Lipinski definition) is 1. The predicted molar refractivity (Wildman–Crippen MR) is 76.1 cm³/mol. The van der Waals surface area contributed by atoms with Crippen LogP contribution in [0.2, 0.25) is 0 Å². The van der Waals surface area contributed by atoms with Gasteiger partial charge in [-0.1, -0.05) is 44.2 Å². The lowest BCUT2D eigenvalue weighted by Gasteiger charge is -2.39. The van der Waals surface area contributed by atoms with Gasteiger partial charge in [0.1, 0.15) is 12.4 Å². The molecule has 1 amide bonds. The Labute approximate surface area is 119 Å². The van der Waals surface area contributed by atoms with Crippen LogP contribution >= 0.6 is 0 Å². The number of hydrogen-bond acceptors (Lipinski definition) is 3. The molecule has 0 saturated heterocycles. The summed E-state index contributed by atoms with van der Waals surface area (Å²) in [5.41, 5.74) is 0.895. The van der Waals surface area contributed by atoms with Gasteiger partial charge >= 0.3 is 6.09 Å². The zero-order chi connectivity index (χ0) is 14.6. The van der Waals surface area contributed by atoms with Crippen LogP contribution in [0.25, 0.3) is 0 Å². The minimum absolute atomic E-state index is 0.0698. The molecule has 1 fully saturated rings. The first-order valence-corrected chi connectivity index (χ1v) is 6.93. The Balaban J connectivity index is 1.71. The smallest absolute Gasteiger partial charge is 0.407 e. The van der Waals surface area contributed by atoms with Crippen molar-refractivity contribution in [1.29, 1.82) is 0 Å². The summed E-state index contributed by atoms with van der Waals surface area (Å²) in [6, 6.07) is 9.57. The summed E-state index contributed by atoms with van der Waals surface area (Å²) in [7, 11) is 0. The number of carbonyl (C=O) groups excluding carboxylic acids is 2. The molecule has 4 heteroatoms. The van der Waals surface area contributed by atoms with Crippen LogP contribution < -0.4 is 5.32 Å². The van der Waals surface area contributed by atoms with Crippen LogP contribution in [-0.2, 0) is 16.1 Å². The Morgan fingerprint density at radius 1 is 1.30 bits per heavy atom. The van der Waals surface area contributed by atoms with E-state index in [0.717, 1.165) is 5.56 Å². The van der Waals surface area contributed by atoms with Crippen LogP contribution in [0.1, 0.15) is 32.3 Å². The van der Waals surface area contributed by atoms with Gasteiger partial charge in [-0.25, -0.2) is 4.79 Å². The van der Waals surface area contributed by atoms with Gasteiger partial charge in [0.2, 0.25) is 0 Å². The van der Waals surface area contributed by atoms with E-state index in [1.54, 1.807) is 0 Å². The quantitative estimate of drug-likeness (QED) is 0.899. The van der Waals surface area contributed by atoms with E-state index in [1.165, 1.54) is 0 Å². The monoisotopic (exact) mass is 275 g/mol. The number of ketones is 1. The Hall–Kier alpha value is -1.84. The molecule has 1 aromatic rings. The van der Waals surface area contributed by atoms with Gasteiger partial charge in [0.15, 0.2) is 0 Å². The number of Topliss-reactive ketones (excluding diaryl/α,β-unsaturated/α-hetero) is 1. The van der Waals surface area contributed by atoms with E-state index in [0.29, 0.717) is 31.1 Å². The van der Waals surface area contributed by atoms with E-state index < -0.39 is 6.09 Å². The maximum atomic E-state index is 11.7. The zero-order valence-corrected chi connectivity index (χ0v) is 12.0. The molecule has 0 unspecified atom stereocenters. The fourth-order valence-electron chi connectivity index (χ4n) is 2.26. The highest BCUT2D eigenvalue weighted by atomic mass is 16.5. The van der Waals surface area contributed by atoms with E-state index in [2.05, 4.69) is 19.2 Å². The molecule has 1 aliphatic rings. The molecule has 4 nitrogen and oxygen atoms in total. The minimum Gasteiger partial charge on any atom is -0.445 e. The zero-order valence-electron chi connectivity index (χ0n) is 12.0. The van der Waals surface area contributed by atoms with Crippen molar-refractivity contribution in [2.45, 2.75) is 33.3 Å². The summed E-state index contributed by atoms with van der Waals surface area (Å²) in [6.45, 7) is 4.94. The molecule has 20 heavy (non-hydrogen) atoms. The summed E-state index contributed by atoms with van der Waals surface area (Å²) in [5, 5.41) is 2.78. The third-order valence-electron chi connectivity index (χ3n) is 3.95. The topological polar surface area (TPSA) is 55.4 Å². The lowest BCUT2D eigenvalue weighted by molar-refractivity contribution is -0.130. The first-order valence-electron chi connectivity index (χ1n) is 6.93. The van der Waals surface area contributed by atoms with Gasteiger partial charge in [-0.15, -0.1) is 0 Å². The van der Waals surface area contributed by atoms with Gasteiger partial charge in [0.25, 0.3) is 0 Å². The highest BCUT2D eigenvalue weighted by Gasteiger charge is 2.39. The fourth-order valence-corrected chi connectivity index (χ4v) is 2.26. The lowest BCUT2D eigenvalue weighted by Crippen LogP contribution is -2.44. The summed E-state index contributed by atoms with van der Waals surface area (Å²) in [5.74, 6) is 0.680. The number of ether oxygens (including phenoxy) is 1. The average Bonchev–Trinajstić information content (AvgIpc) is 2.40. The summed E-state index contributed by atoms with van der Waals surface area (Å²) in [6.07, 6.45) is 0.856. The van der Waals surface area contributed by atoms with Crippen LogP contribution in [0.5, 0.6) is 0 Å². The first-order chi connectivity index (χ1) is 9.47. The Morgan fingerprint density at radius 2 is 1.95 bits per heavy atom. The number of amides is 1. The number of benzene rings is 1. The van der Waals surface area contributed by atoms with Crippen LogP contribution in [-0.4, -0.2) is 18.4 Å². The van der Waals surface area contributed by atoms with Crippen LogP contribution in [0.15, 0.2) is 30.3 Å². The molecule has 0 aromatic heterocycles. The van der Waals surface area contributed by atoms with Crippen molar-refractivity contribution in [3.63, 3.8) is 0 Å². The second kappa shape index (κ2) is 6.07. The minimum atomic E-state index is -0.410. The third-order valence-corrected chi connectivity index (χ3v) is 3.95. The first kappa shape index (κ1) is 14.6. The molecule has 0 aliphatic heterocycles. The molecular formula is C16H21NO3. The largest absolute Gasteiger partial charge is 0.445 e. The second-order valence-corrected chi connectivity index (χ2v) is 6.05. The SMILES string of the molecule is CC(C)(CNC(=O)OCc1ccccc1)C1CC(=O)C1. The van der Waals surface area contributed by atoms with E-state index in [-0.39, 0.29) is 12.0 Å². The Bertz CT molecular complexity index is 474. The molecule has 0 heterocycles. The molecule has 0 bridgehead atoms. The Kier molecular flexibility index (Phi) is 4.42. The van der Waals surface area contributed by atoms with Crippen LogP contribution in [0.4, 0.5) is 4.79 Å². The highest BCUT2D eigenvalue weighted by Crippen LogP contribution is 2.38. The average molecular weight is 275 g/mol. The van der Waals surface area contributed by atoms with Crippen molar-refractivity contribution in [2.75, 3.05) is 6.54 Å². The van der Waals surface area contributed by atoms with Crippen molar-refractivity contribution in [1.82, 2.24) is 5.32 Å². The van der Waals surface area contributed by atoms with Gasteiger partial charge in [-0.2, -0.15) is 0 Å². The molecule has 1 saturated carbocycles. The Morgan fingerprint density at radius 3 is 2.55 bits per heavy atom. The number of rotatable bonds is 5. The van der Waals surface area contributed by atoms with Crippen molar-refractivity contribution in [2.24, 2.45) is 11.3 Å². The molecular weight excluding hydrogens is 254 g/mol. The van der Waals surface area contributed by atoms with Crippen molar-refractivity contribution < 1.29 is 14.3 Å². The molecule has 1 aliphatic carbocycles. The summed E-state index contributed by atoms with van der Waals surface area (Å²) >= 11 is 0. The molecule has 2 rings (SSSR count). The molecule has 0 spiro atoms. The van der Waals surface area contributed by atoms with Crippen molar-refractivity contribution in [3.05, 3.63) is 35.9 Å². The van der Waals surface area contributed by atoms with E-state index in [1.807, 2.05) is 30.3 Å². The van der Waals surface area contributed by atoms with Gasteiger partial charge in [0, 0.05) is 19.4 Å². The summed E-state index contributed by atoms with van der Waals surface area (Å²) in [4.78, 5) is 22.7. The van der Waals surface area contributed by atoms with Gasteiger partial charge in [-0.3, -0.25) is 4.79 Å². The van der Waals surface area contributed by atoms with Gasteiger partial charge < -0.3 is 10.1 Å². The molecule has 1 N–H and O–H groups in total. The van der Waals surface area contributed by atoms with Crippen LogP contribution in [0.3, 0.4) is 0 Å². The number of carbonyl (C=O) groups is 2. The predicted octanol–water partition coefficient (Wildman–Crippen LogP) is 2.92. The molecule has 108 valence electrons. The third kappa shape index (κ3) is 3.83. The maximum Gasteiger partial charge on any atom is 0.407 e. The summed E-state index contributed by atoms with van der Waals surface area (Å²) < 4.78 is 5.16. The van der Waals surface area contributed by atoms with Gasteiger partial charge in [0.05, 0.1) is 0 Å². The fraction of sp³-hybridized carbons (Fsp3) is 0.500. The van der Waals surface area contributed by atoms with E-state index in [4.69, 9.17) is 4.74 Å². The number of alkyl carbamates (subject to hydrolysis) is 1. The van der Waals surface area contributed by atoms with E-state index >= 15 is 0 Å². The molecule has 0 radical (unpaired) electrons. The standard InChI is InChI=1S/C16H21NO3/c1-16(2,13-8-14(18)9-13)11-17-15(19)20-10-12-6-4-3-5-7-12/h3-7,13H,8-11H2,1-2H3,(H,17,19). The van der Waals surface area contributed by atoms with Crippen molar-refractivity contribution >= 4 is 11.9 Å². The molecule has 1 aromatic carbocycles. The second-order valence-electron chi connectivity index (χ2n) is 6.05. The normalized spacial score (nSPS) is 15.6. The van der Waals surface area contributed by atoms with Crippen LogP contribution in [0, 0.1) is 11.3 Å². The maximum absolute atomic E-state index is 11.7. The van der Waals surface area contributed by atoms with Crippen molar-refractivity contribution in [3.8, 4) is 0 Å². The number of nitrogens with one attached hydrogen (secondary N) is 1. The lowest BCUT2D eigenvalue weighted by atomic mass is 9.66.